The zero-order chi connectivity index (χ0) is 9.71. The van der Waals surface area contributed by atoms with Gasteiger partial charge >= 0.3 is 0 Å². The maximum atomic E-state index is 5.90. The summed E-state index contributed by atoms with van der Waals surface area (Å²) in [7, 11) is 0. The molecule has 2 fully saturated rings. The van der Waals surface area contributed by atoms with E-state index >= 15 is 0 Å². The summed E-state index contributed by atoms with van der Waals surface area (Å²) in [5.74, 6) is 1.53. The van der Waals surface area contributed by atoms with Gasteiger partial charge in [0.1, 0.15) is 0 Å². The van der Waals surface area contributed by atoms with E-state index in [1.54, 1.807) is 0 Å². The van der Waals surface area contributed by atoms with Gasteiger partial charge in [-0.25, -0.2) is 0 Å². The average molecular weight is 290 g/mol. The molecule has 3 atom stereocenters. The fraction of sp³-hybridized carbons (Fsp3) is 0.455. The molecule has 1 heterocycles. The minimum Gasteiger partial charge on any atom is -0.371 e. The van der Waals surface area contributed by atoms with E-state index in [0.29, 0.717) is 6.04 Å². The Labute approximate surface area is 104 Å². The van der Waals surface area contributed by atoms with Gasteiger partial charge in [0.15, 0.2) is 0 Å². The van der Waals surface area contributed by atoms with Crippen molar-refractivity contribution >= 4 is 34.0 Å². The topological polar surface area (TPSA) is 29.3 Å². The van der Waals surface area contributed by atoms with Gasteiger partial charge in [-0.3, -0.25) is 0 Å². The number of benzene rings is 1. The number of rotatable bonds is 1. The van der Waals surface area contributed by atoms with Crippen LogP contribution < -0.4 is 10.6 Å². The quantitative estimate of drug-likeness (QED) is 0.859. The van der Waals surface area contributed by atoms with Crippen molar-refractivity contribution in [1.29, 1.82) is 0 Å². The highest BCUT2D eigenvalue weighted by molar-refractivity contribution is 9.10. The molecule has 1 aliphatic heterocycles. The molecule has 1 aliphatic carbocycles. The first-order chi connectivity index (χ1) is 6.75. The Morgan fingerprint density at radius 2 is 1.67 bits per heavy atom. The third kappa shape index (κ3) is 1.88. The van der Waals surface area contributed by atoms with Crippen LogP contribution in [-0.2, 0) is 0 Å². The molecule has 0 spiro atoms. The predicted molar refractivity (Wildman–Crippen MR) is 68.6 cm³/mol. The van der Waals surface area contributed by atoms with Crippen molar-refractivity contribution in [3.8, 4) is 0 Å². The molecule has 1 aromatic rings. The number of anilines is 1. The number of hydrogen-bond donors (Lipinski definition) is 1. The molecule has 2 N–H and O–H groups in total. The number of fused-ring (bicyclic) bond motifs is 1. The Hall–Kier alpha value is -0.250. The predicted octanol–water partition coefficient (Wildman–Crippen LogP) is 2.26. The van der Waals surface area contributed by atoms with Gasteiger partial charge in [0, 0.05) is 29.3 Å². The second-order valence-electron chi connectivity index (χ2n) is 4.29. The van der Waals surface area contributed by atoms with Gasteiger partial charge in [0.05, 0.1) is 0 Å². The molecule has 0 bridgehead atoms. The van der Waals surface area contributed by atoms with E-state index in [4.69, 9.17) is 5.73 Å². The molecular weight excluding hydrogens is 275 g/mol. The van der Waals surface area contributed by atoms with E-state index in [1.165, 1.54) is 5.69 Å². The maximum Gasteiger partial charge on any atom is 0.0367 e. The van der Waals surface area contributed by atoms with Crippen LogP contribution in [0.3, 0.4) is 0 Å². The molecule has 1 saturated carbocycles. The molecule has 82 valence electrons. The van der Waals surface area contributed by atoms with E-state index < -0.39 is 0 Å². The molecule has 4 heteroatoms. The van der Waals surface area contributed by atoms with E-state index in [-0.39, 0.29) is 12.4 Å². The minimum absolute atomic E-state index is 0. The van der Waals surface area contributed by atoms with Crippen molar-refractivity contribution in [3.05, 3.63) is 28.7 Å². The van der Waals surface area contributed by atoms with Crippen molar-refractivity contribution < 1.29 is 0 Å². The number of hydrogen-bond acceptors (Lipinski definition) is 2. The standard InChI is InChI=1S/C11H13BrN2.ClH/c12-7-1-3-8(4-2-7)14-5-9-10(6-14)11(9)13;/h1-4,9-11H,5-6,13H2;1H/t9-,10+,11+;. The minimum atomic E-state index is 0. The van der Waals surface area contributed by atoms with Gasteiger partial charge in [-0.15, -0.1) is 12.4 Å². The Bertz CT molecular complexity index is 342. The number of halogens is 2. The normalized spacial score (nSPS) is 32.1. The van der Waals surface area contributed by atoms with Crippen molar-refractivity contribution in [2.45, 2.75) is 6.04 Å². The lowest BCUT2D eigenvalue weighted by atomic mass is 10.3. The molecule has 1 aromatic carbocycles. The molecule has 2 nitrogen and oxygen atoms in total. The molecular formula is C11H14BrClN2. The van der Waals surface area contributed by atoms with E-state index in [0.717, 1.165) is 29.4 Å². The van der Waals surface area contributed by atoms with Crippen LogP contribution in [0.2, 0.25) is 0 Å². The summed E-state index contributed by atoms with van der Waals surface area (Å²) >= 11 is 3.45. The third-order valence-corrected chi connectivity index (χ3v) is 3.98. The molecule has 2 aliphatic rings. The zero-order valence-electron chi connectivity index (χ0n) is 8.27. The summed E-state index contributed by atoms with van der Waals surface area (Å²) in [5, 5.41) is 0. The Balaban J connectivity index is 0.000000853. The van der Waals surface area contributed by atoms with Crippen LogP contribution in [0.5, 0.6) is 0 Å². The van der Waals surface area contributed by atoms with Crippen molar-refractivity contribution in [2.75, 3.05) is 18.0 Å². The van der Waals surface area contributed by atoms with Gasteiger partial charge in [-0.05, 0) is 36.1 Å². The van der Waals surface area contributed by atoms with Gasteiger partial charge in [0.2, 0.25) is 0 Å². The van der Waals surface area contributed by atoms with Crippen LogP contribution in [0, 0.1) is 11.8 Å². The largest absolute Gasteiger partial charge is 0.371 e. The number of nitrogens with two attached hydrogens (primary N) is 1. The van der Waals surface area contributed by atoms with Crippen LogP contribution >= 0.6 is 28.3 Å². The van der Waals surface area contributed by atoms with Crippen LogP contribution in [0.25, 0.3) is 0 Å². The molecule has 0 radical (unpaired) electrons. The van der Waals surface area contributed by atoms with Crippen molar-refractivity contribution in [2.24, 2.45) is 17.6 Å². The first-order valence-corrected chi connectivity index (χ1v) is 5.81. The Kier molecular flexibility index (Phi) is 2.97. The van der Waals surface area contributed by atoms with Crippen molar-refractivity contribution in [1.82, 2.24) is 0 Å². The summed E-state index contributed by atoms with van der Waals surface area (Å²) < 4.78 is 1.14. The molecule has 15 heavy (non-hydrogen) atoms. The smallest absolute Gasteiger partial charge is 0.0367 e. The molecule has 0 aromatic heterocycles. The SMILES string of the molecule is Cl.N[C@@H]1[C@H]2CN(c3ccc(Br)cc3)C[C@@H]12. The second-order valence-corrected chi connectivity index (χ2v) is 5.20. The zero-order valence-corrected chi connectivity index (χ0v) is 10.7. The molecule has 0 amide bonds. The second kappa shape index (κ2) is 3.96. The van der Waals surface area contributed by atoms with Crippen LogP contribution in [0.1, 0.15) is 0 Å². The summed E-state index contributed by atoms with van der Waals surface area (Å²) in [6.07, 6.45) is 0. The lowest BCUT2D eigenvalue weighted by molar-refractivity contribution is 0.743. The first-order valence-electron chi connectivity index (χ1n) is 5.02. The van der Waals surface area contributed by atoms with Gasteiger partial charge < -0.3 is 10.6 Å². The van der Waals surface area contributed by atoms with Crippen LogP contribution in [0.15, 0.2) is 28.7 Å². The monoisotopic (exact) mass is 288 g/mol. The van der Waals surface area contributed by atoms with Gasteiger partial charge in [-0.1, -0.05) is 15.9 Å². The fourth-order valence-electron chi connectivity index (χ4n) is 2.44. The molecule has 3 rings (SSSR count). The third-order valence-electron chi connectivity index (χ3n) is 3.45. The van der Waals surface area contributed by atoms with E-state index in [2.05, 4.69) is 45.1 Å². The van der Waals surface area contributed by atoms with Crippen LogP contribution in [0.4, 0.5) is 5.69 Å². The molecule has 0 unspecified atom stereocenters. The maximum absolute atomic E-state index is 5.90. The highest BCUT2D eigenvalue weighted by atomic mass is 79.9. The van der Waals surface area contributed by atoms with Gasteiger partial charge in [-0.2, -0.15) is 0 Å². The Morgan fingerprint density at radius 3 is 2.20 bits per heavy atom. The lowest BCUT2D eigenvalue weighted by Crippen LogP contribution is -2.27. The van der Waals surface area contributed by atoms with E-state index in [1.807, 2.05) is 0 Å². The average Bonchev–Trinajstić information content (AvgIpc) is 2.66. The summed E-state index contributed by atoms with van der Waals surface area (Å²) in [4.78, 5) is 2.44. The number of nitrogens with zero attached hydrogens (tertiary/aromatic N) is 1. The van der Waals surface area contributed by atoms with Crippen LogP contribution in [-0.4, -0.2) is 19.1 Å². The summed E-state index contributed by atoms with van der Waals surface area (Å²) in [5.41, 5.74) is 7.23. The first kappa shape index (κ1) is 11.2. The fourth-order valence-corrected chi connectivity index (χ4v) is 2.70. The summed E-state index contributed by atoms with van der Waals surface area (Å²) in [6.45, 7) is 2.29. The highest BCUT2D eigenvalue weighted by Gasteiger charge is 2.53. The summed E-state index contributed by atoms with van der Waals surface area (Å²) in [6, 6.07) is 9.01. The lowest BCUT2D eigenvalue weighted by Gasteiger charge is -2.21. The molecule has 1 saturated heterocycles. The highest BCUT2D eigenvalue weighted by Crippen LogP contribution is 2.45. The van der Waals surface area contributed by atoms with Gasteiger partial charge in [0.25, 0.3) is 0 Å². The van der Waals surface area contributed by atoms with Crippen molar-refractivity contribution in [3.63, 3.8) is 0 Å². The Morgan fingerprint density at radius 1 is 1.13 bits per heavy atom. The number of piperidine rings is 1. The van der Waals surface area contributed by atoms with E-state index in [9.17, 15) is 0 Å².